The van der Waals surface area contributed by atoms with E-state index in [1.807, 2.05) is 38.2 Å². The van der Waals surface area contributed by atoms with Crippen molar-refractivity contribution in [2.45, 2.75) is 32.5 Å². The summed E-state index contributed by atoms with van der Waals surface area (Å²) in [6.07, 6.45) is -3.47. The molecule has 0 aromatic heterocycles. The Morgan fingerprint density at radius 3 is 2.40 bits per heavy atom. The number of nitrogens with zero attached hydrogens (tertiary/aromatic N) is 1. The van der Waals surface area contributed by atoms with Gasteiger partial charge in [-0.05, 0) is 38.1 Å². The number of benzene rings is 1. The fraction of sp³-hybridized carbons (Fsp3) is 0.600. The lowest BCUT2D eigenvalue weighted by Crippen LogP contribution is -2.36. The third-order valence-electron chi connectivity index (χ3n) is 3.50. The van der Waals surface area contributed by atoms with Crippen molar-refractivity contribution in [3.8, 4) is 0 Å². The third-order valence-corrected chi connectivity index (χ3v) is 3.50. The summed E-state index contributed by atoms with van der Waals surface area (Å²) in [5.74, 6) is 0. The summed E-state index contributed by atoms with van der Waals surface area (Å²) in [5, 5.41) is 3.19. The van der Waals surface area contributed by atoms with Crippen LogP contribution in [0, 0.1) is 6.92 Å². The van der Waals surface area contributed by atoms with E-state index in [9.17, 15) is 13.2 Å². The van der Waals surface area contributed by atoms with Crippen molar-refractivity contribution in [3.05, 3.63) is 35.4 Å². The van der Waals surface area contributed by atoms with Gasteiger partial charge in [-0.3, -0.25) is 4.90 Å². The van der Waals surface area contributed by atoms with E-state index in [1.54, 1.807) is 6.92 Å². The van der Waals surface area contributed by atoms with Gasteiger partial charge in [0.15, 0.2) is 0 Å². The first-order valence-corrected chi connectivity index (χ1v) is 6.89. The standard InChI is InChI=1S/C15H23F3N2/c1-4-20(11-15(16,17)18)10-9-14(19-3)13-8-6-5-7-12(13)2/h5-8,14,19H,4,9-11H2,1-3H3. The second kappa shape index (κ2) is 7.64. The maximum absolute atomic E-state index is 12.4. The molecule has 114 valence electrons. The number of alkyl halides is 3. The molecule has 0 bridgehead atoms. The van der Waals surface area contributed by atoms with Crippen LogP contribution in [0.4, 0.5) is 13.2 Å². The number of aryl methyl sites for hydroxylation is 1. The Bertz CT molecular complexity index is 404. The Labute approximate surface area is 119 Å². The second-order valence-electron chi connectivity index (χ2n) is 4.97. The maximum atomic E-state index is 12.4. The molecule has 0 spiro atoms. The highest BCUT2D eigenvalue weighted by atomic mass is 19.4. The van der Waals surface area contributed by atoms with Crippen LogP contribution in [0.5, 0.6) is 0 Å². The van der Waals surface area contributed by atoms with Crippen molar-refractivity contribution in [2.24, 2.45) is 0 Å². The zero-order chi connectivity index (χ0) is 15.2. The van der Waals surface area contributed by atoms with Gasteiger partial charge in [-0.1, -0.05) is 31.2 Å². The normalized spacial score (nSPS) is 13.8. The van der Waals surface area contributed by atoms with Gasteiger partial charge < -0.3 is 5.32 Å². The molecule has 20 heavy (non-hydrogen) atoms. The molecule has 0 saturated heterocycles. The predicted molar refractivity (Wildman–Crippen MR) is 75.8 cm³/mol. The van der Waals surface area contributed by atoms with Crippen LogP contribution in [-0.2, 0) is 0 Å². The minimum atomic E-state index is -4.13. The van der Waals surface area contributed by atoms with Gasteiger partial charge in [0, 0.05) is 12.6 Å². The van der Waals surface area contributed by atoms with E-state index < -0.39 is 12.7 Å². The Morgan fingerprint density at radius 2 is 1.90 bits per heavy atom. The molecule has 1 N–H and O–H groups in total. The van der Waals surface area contributed by atoms with Crippen LogP contribution < -0.4 is 5.32 Å². The molecule has 1 aromatic rings. The molecule has 0 aliphatic rings. The van der Waals surface area contributed by atoms with E-state index >= 15 is 0 Å². The minimum absolute atomic E-state index is 0.0819. The number of hydrogen-bond acceptors (Lipinski definition) is 2. The number of halogens is 3. The molecule has 0 amide bonds. The van der Waals surface area contributed by atoms with Gasteiger partial charge in [-0.25, -0.2) is 0 Å². The maximum Gasteiger partial charge on any atom is 0.401 e. The van der Waals surface area contributed by atoms with Crippen LogP contribution in [0.25, 0.3) is 0 Å². The van der Waals surface area contributed by atoms with E-state index in [1.165, 1.54) is 4.90 Å². The van der Waals surface area contributed by atoms with Gasteiger partial charge in [0.2, 0.25) is 0 Å². The lowest BCUT2D eigenvalue weighted by atomic mass is 9.99. The average Bonchev–Trinajstić information content (AvgIpc) is 2.38. The van der Waals surface area contributed by atoms with Gasteiger partial charge in [0.25, 0.3) is 0 Å². The first kappa shape index (κ1) is 17.0. The van der Waals surface area contributed by atoms with Crippen LogP contribution in [0.15, 0.2) is 24.3 Å². The van der Waals surface area contributed by atoms with Gasteiger partial charge >= 0.3 is 6.18 Å². The van der Waals surface area contributed by atoms with Crippen LogP contribution in [0.2, 0.25) is 0 Å². The van der Waals surface area contributed by atoms with Crippen LogP contribution in [0.3, 0.4) is 0 Å². The van der Waals surface area contributed by atoms with Crippen molar-refractivity contribution >= 4 is 0 Å². The Kier molecular flexibility index (Phi) is 6.49. The van der Waals surface area contributed by atoms with Crippen molar-refractivity contribution in [3.63, 3.8) is 0 Å². The van der Waals surface area contributed by atoms with Crippen molar-refractivity contribution in [1.29, 1.82) is 0 Å². The fourth-order valence-electron chi connectivity index (χ4n) is 2.35. The summed E-state index contributed by atoms with van der Waals surface area (Å²) < 4.78 is 37.3. The van der Waals surface area contributed by atoms with Crippen LogP contribution in [-0.4, -0.2) is 37.8 Å². The lowest BCUT2D eigenvalue weighted by Gasteiger charge is -2.25. The van der Waals surface area contributed by atoms with E-state index in [2.05, 4.69) is 5.32 Å². The van der Waals surface area contributed by atoms with Crippen molar-refractivity contribution in [2.75, 3.05) is 26.7 Å². The molecule has 0 aliphatic heterocycles. The predicted octanol–water partition coefficient (Wildman–Crippen LogP) is 3.53. The summed E-state index contributed by atoms with van der Waals surface area (Å²) >= 11 is 0. The molecular formula is C15H23F3N2. The van der Waals surface area contributed by atoms with E-state index in [0.717, 1.165) is 11.1 Å². The molecule has 0 saturated carbocycles. The molecular weight excluding hydrogens is 265 g/mol. The average molecular weight is 288 g/mol. The Balaban J connectivity index is 2.63. The molecule has 1 aromatic carbocycles. The van der Waals surface area contributed by atoms with Gasteiger partial charge in [0.1, 0.15) is 0 Å². The summed E-state index contributed by atoms with van der Waals surface area (Å²) in [6.45, 7) is 3.77. The van der Waals surface area contributed by atoms with Crippen molar-refractivity contribution < 1.29 is 13.2 Å². The molecule has 2 nitrogen and oxygen atoms in total. The number of hydrogen-bond donors (Lipinski definition) is 1. The Hall–Kier alpha value is -1.07. The highest BCUT2D eigenvalue weighted by Gasteiger charge is 2.30. The first-order valence-electron chi connectivity index (χ1n) is 6.89. The summed E-state index contributed by atoms with van der Waals surface area (Å²) in [7, 11) is 1.84. The van der Waals surface area contributed by atoms with Crippen LogP contribution >= 0.6 is 0 Å². The second-order valence-corrected chi connectivity index (χ2v) is 4.97. The van der Waals surface area contributed by atoms with Gasteiger partial charge in [-0.15, -0.1) is 0 Å². The minimum Gasteiger partial charge on any atom is -0.313 e. The smallest absolute Gasteiger partial charge is 0.313 e. The summed E-state index contributed by atoms with van der Waals surface area (Å²) in [5.41, 5.74) is 2.31. The first-order chi connectivity index (χ1) is 9.37. The summed E-state index contributed by atoms with van der Waals surface area (Å²) in [4.78, 5) is 1.43. The molecule has 1 rings (SSSR count). The van der Waals surface area contributed by atoms with Gasteiger partial charge in [-0.2, -0.15) is 13.2 Å². The molecule has 5 heteroatoms. The fourth-order valence-corrected chi connectivity index (χ4v) is 2.35. The van der Waals surface area contributed by atoms with E-state index in [4.69, 9.17) is 0 Å². The molecule has 0 heterocycles. The number of nitrogens with one attached hydrogen (secondary N) is 1. The van der Waals surface area contributed by atoms with Gasteiger partial charge in [0.05, 0.1) is 6.54 Å². The highest BCUT2D eigenvalue weighted by Crippen LogP contribution is 2.22. The molecule has 0 fully saturated rings. The SMILES string of the molecule is CCN(CCC(NC)c1ccccc1C)CC(F)(F)F. The monoisotopic (exact) mass is 288 g/mol. The molecule has 0 aliphatic carbocycles. The van der Waals surface area contributed by atoms with Crippen molar-refractivity contribution in [1.82, 2.24) is 10.2 Å². The number of rotatable bonds is 7. The van der Waals surface area contributed by atoms with Crippen LogP contribution in [0.1, 0.15) is 30.5 Å². The quantitative estimate of drug-likeness (QED) is 0.825. The zero-order valence-electron chi connectivity index (χ0n) is 12.3. The molecule has 1 atom stereocenters. The topological polar surface area (TPSA) is 15.3 Å². The molecule has 0 radical (unpaired) electrons. The lowest BCUT2D eigenvalue weighted by molar-refractivity contribution is -0.145. The zero-order valence-corrected chi connectivity index (χ0v) is 12.3. The highest BCUT2D eigenvalue weighted by molar-refractivity contribution is 5.28. The van der Waals surface area contributed by atoms with E-state index in [-0.39, 0.29) is 6.04 Å². The summed E-state index contributed by atoms with van der Waals surface area (Å²) in [6, 6.07) is 8.05. The molecule has 1 unspecified atom stereocenters. The Morgan fingerprint density at radius 1 is 1.25 bits per heavy atom. The third kappa shape index (κ3) is 5.51. The van der Waals surface area contributed by atoms with E-state index in [0.29, 0.717) is 19.5 Å². The largest absolute Gasteiger partial charge is 0.401 e.